The van der Waals surface area contributed by atoms with Gasteiger partial charge in [-0.05, 0) is 38.1 Å². The Balaban J connectivity index is 2.56. The molecule has 5 nitrogen and oxygen atoms in total. The van der Waals surface area contributed by atoms with Crippen LogP contribution >= 0.6 is 0 Å². The van der Waals surface area contributed by atoms with Crippen molar-refractivity contribution in [1.82, 2.24) is 0 Å². The zero-order chi connectivity index (χ0) is 12.8. The van der Waals surface area contributed by atoms with Crippen LogP contribution in [0.2, 0.25) is 0 Å². The fourth-order valence-corrected chi connectivity index (χ4v) is 1.20. The lowest BCUT2D eigenvalue weighted by molar-refractivity contribution is -0.114. The number of carbonyl (C=O) groups is 2. The van der Waals surface area contributed by atoms with Crippen LogP contribution in [0.25, 0.3) is 0 Å². The molecule has 2 amide bonds. The van der Waals surface area contributed by atoms with Gasteiger partial charge in [0.05, 0.1) is 6.10 Å². The molecule has 0 unspecified atom stereocenters. The van der Waals surface area contributed by atoms with Crippen LogP contribution in [0.3, 0.4) is 0 Å². The van der Waals surface area contributed by atoms with E-state index in [1.807, 2.05) is 0 Å². The molecule has 1 aromatic carbocycles. The molecule has 1 aromatic rings. The lowest BCUT2D eigenvalue weighted by atomic mass is 10.3. The highest BCUT2D eigenvalue weighted by atomic mass is 16.6. The molecular formula is C12H16N2O3. The van der Waals surface area contributed by atoms with Gasteiger partial charge in [0, 0.05) is 18.3 Å². The summed E-state index contributed by atoms with van der Waals surface area (Å²) in [6.07, 6.45) is -0.652. The molecule has 0 heterocycles. The molecule has 0 aromatic heterocycles. The number of hydrogen-bond acceptors (Lipinski definition) is 3. The van der Waals surface area contributed by atoms with Crippen molar-refractivity contribution in [2.75, 3.05) is 10.6 Å². The highest BCUT2D eigenvalue weighted by Crippen LogP contribution is 2.13. The van der Waals surface area contributed by atoms with E-state index in [-0.39, 0.29) is 12.0 Å². The van der Waals surface area contributed by atoms with Crippen LogP contribution in [0, 0.1) is 0 Å². The van der Waals surface area contributed by atoms with E-state index in [9.17, 15) is 9.59 Å². The summed E-state index contributed by atoms with van der Waals surface area (Å²) in [5.41, 5.74) is 1.30. The summed E-state index contributed by atoms with van der Waals surface area (Å²) in [6, 6.07) is 6.78. The molecule has 17 heavy (non-hydrogen) atoms. The first-order chi connectivity index (χ1) is 7.97. The van der Waals surface area contributed by atoms with Crippen LogP contribution in [-0.2, 0) is 9.53 Å². The third-order valence-corrected chi connectivity index (χ3v) is 1.79. The lowest BCUT2D eigenvalue weighted by Gasteiger charge is -2.09. The maximum Gasteiger partial charge on any atom is 0.411 e. The molecule has 0 saturated carbocycles. The van der Waals surface area contributed by atoms with Crippen molar-refractivity contribution in [3.05, 3.63) is 24.3 Å². The van der Waals surface area contributed by atoms with Crippen LogP contribution in [0.15, 0.2) is 24.3 Å². The Morgan fingerprint density at radius 2 is 1.53 bits per heavy atom. The second-order valence-electron chi connectivity index (χ2n) is 3.84. The number of amides is 2. The van der Waals surface area contributed by atoms with E-state index >= 15 is 0 Å². The van der Waals surface area contributed by atoms with Gasteiger partial charge in [0.1, 0.15) is 0 Å². The minimum atomic E-state index is -0.493. The van der Waals surface area contributed by atoms with Gasteiger partial charge in [-0.3, -0.25) is 10.1 Å². The van der Waals surface area contributed by atoms with Gasteiger partial charge in [0.25, 0.3) is 0 Å². The third-order valence-electron chi connectivity index (χ3n) is 1.79. The number of benzene rings is 1. The Kier molecular flexibility index (Phi) is 4.51. The number of hydrogen-bond donors (Lipinski definition) is 2. The van der Waals surface area contributed by atoms with Crippen LogP contribution in [0.5, 0.6) is 0 Å². The summed E-state index contributed by atoms with van der Waals surface area (Å²) in [5.74, 6) is -0.134. The molecule has 5 heteroatoms. The van der Waals surface area contributed by atoms with Crippen molar-refractivity contribution in [2.45, 2.75) is 26.9 Å². The lowest BCUT2D eigenvalue weighted by Crippen LogP contribution is -2.17. The monoisotopic (exact) mass is 236 g/mol. The summed E-state index contributed by atoms with van der Waals surface area (Å²) in [7, 11) is 0. The Bertz CT molecular complexity index is 399. The summed E-state index contributed by atoms with van der Waals surface area (Å²) in [4.78, 5) is 22.1. The number of nitrogens with one attached hydrogen (secondary N) is 2. The number of carbonyl (C=O) groups excluding carboxylic acids is 2. The average molecular weight is 236 g/mol. The summed E-state index contributed by atoms with van der Waals surface area (Å²) in [6.45, 7) is 4.99. The quantitative estimate of drug-likeness (QED) is 0.847. The molecule has 0 aliphatic heterocycles. The standard InChI is InChI=1S/C12H16N2O3/c1-8(2)17-12(16)14-11-6-4-10(5-7-11)13-9(3)15/h4-8H,1-3H3,(H,13,15)(H,14,16). The summed E-state index contributed by atoms with van der Waals surface area (Å²) in [5, 5.41) is 5.21. The molecular weight excluding hydrogens is 220 g/mol. The van der Waals surface area contributed by atoms with Gasteiger partial charge in [-0.25, -0.2) is 4.79 Å². The van der Waals surface area contributed by atoms with Gasteiger partial charge in [0.2, 0.25) is 5.91 Å². The van der Waals surface area contributed by atoms with E-state index < -0.39 is 6.09 Å². The first-order valence-corrected chi connectivity index (χ1v) is 5.32. The smallest absolute Gasteiger partial charge is 0.411 e. The van der Waals surface area contributed by atoms with Crippen LogP contribution < -0.4 is 10.6 Å². The first-order valence-electron chi connectivity index (χ1n) is 5.32. The van der Waals surface area contributed by atoms with Crippen molar-refractivity contribution in [3.63, 3.8) is 0 Å². The van der Waals surface area contributed by atoms with Gasteiger partial charge >= 0.3 is 6.09 Å². The molecule has 0 aliphatic carbocycles. The van der Waals surface area contributed by atoms with Gasteiger partial charge < -0.3 is 10.1 Å². The van der Waals surface area contributed by atoms with Crippen molar-refractivity contribution < 1.29 is 14.3 Å². The third kappa shape index (κ3) is 5.01. The zero-order valence-electron chi connectivity index (χ0n) is 10.1. The Morgan fingerprint density at radius 3 is 1.94 bits per heavy atom. The average Bonchev–Trinajstić information content (AvgIpc) is 2.18. The van der Waals surface area contributed by atoms with Crippen molar-refractivity contribution in [2.24, 2.45) is 0 Å². The fraction of sp³-hybridized carbons (Fsp3) is 0.333. The predicted octanol–water partition coefficient (Wildman–Crippen LogP) is 2.60. The molecule has 0 radical (unpaired) electrons. The first kappa shape index (κ1) is 13.0. The maximum absolute atomic E-state index is 11.3. The van der Waals surface area contributed by atoms with Gasteiger partial charge in [-0.15, -0.1) is 0 Å². The molecule has 1 rings (SSSR count). The maximum atomic E-state index is 11.3. The highest BCUT2D eigenvalue weighted by molar-refractivity contribution is 5.89. The van der Waals surface area contributed by atoms with Gasteiger partial charge in [0.15, 0.2) is 0 Å². The number of anilines is 2. The number of ether oxygens (including phenoxy) is 1. The minimum Gasteiger partial charge on any atom is -0.447 e. The van der Waals surface area contributed by atoms with Crippen LogP contribution in [-0.4, -0.2) is 18.1 Å². The normalized spacial score (nSPS) is 9.88. The predicted molar refractivity (Wildman–Crippen MR) is 66.0 cm³/mol. The summed E-state index contributed by atoms with van der Waals surface area (Å²) >= 11 is 0. The molecule has 0 fully saturated rings. The van der Waals surface area contributed by atoms with Crippen molar-refractivity contribution in [1.29, 1.82) is 0 Å². The molecule has 0 saturated heterocycles. The topological polar surface area (TPSA) is 67.4 Å². The molecule has 0 atom stereocenters. The van der Waals surface area contributed by atoms with E-state index in [4.69, 9.17) is 4.74 Å². The second-order valence-corrected chi connectivity index (χ2v) is 3.84. The van der Waals surface area contributed by atoms with Gasteiger partial charge in [-0.2, -0.15) is 0 Å². The fourth-order valence-electron chi connectivity index (χ4n) is 1.20. The minimum absolute atomic E-state index is 0.134. The molecule has 2 N–H and O–H groups in total. The zero-order valence-corrected chi connectivity index (χ0v) is 10.1. The van der Waals surface area contributed by atoms with E-state index in [2.05, 4.69) is 10.6 Å². The van der Waals surface area contributed by atoms with Gasteiger partial charge in [-0.1, -0.05) is 0 Å². The Hall–Kier alpha value is -2.04. The summed E-state index contributed by atoms with van der Waals surface area (Å²) < 4.78 is 4.93. The van der Waals surface area contributed by atoms with E-state index in [1.54, 1.807) is 38.1 Å². The van der Waals surface area contributed by atoms with E-state index in [0.717, 1.165) is 0 Å². The van der Waals surface area contributed by atoms with Crippen LogP contribution in [0.1, 0.15) is 20.8 Å². The molecule has 0 spiro atoms. The Morgan fingerprint density at radius 1 is 1.06 bits per heavy atom. The Labute approximate surface area is 100 Å². The van der Waals surface area contributed by atoms with Crippen molar-refractivity contribution in [3.8, 4) is 0 Å². The SMILES string of the molecule is CC(=O)Nc1ccc(NC(=O)OC(C)C)cc1. The second kappa shape index (κ2) is 5.89. The molecule has 92 valence electrons. The number of rotatable bonds is 3. The highest BCUT2D eigenvalue weighted by Gasteiger charge is 2.05. The van der Waals surface area contributed by atoms with E-state index in [1.165, 1.54) is 6.92 Å². The van der Waals surface area contributed by atoms with E-state index in [0.29, 0.717) is 11.4 Å². The van der Waals surface area contributed by atoms with Crippen LogP contribution in [0.4, 0.5) is 16.2 Å². The molecule has 0 aliphatic rings. The van der Waals surface area contributed by atoms with Crippen molar-refractivity contribution >= 4 is 23.4 Å². The molecule has 0 bridgehead atoms. The largest absolute Gasteiger partial charge is 0.447 e.